The number of hydrogen-bond acceptors (Lipinski definition) is 10. The van der Waals surface area contributed by atoms with E-state index in [2.05, 4.69) is 38.5 Å². The lowest BCUT2D eigenvalue weighted by Crippen LogP contribution is -2.65. The lowest BCUT2D eigenvalue weighted by molar-refractivity contribution is -0.385. The fourth-order valence-corrected chi connectivity index (χ4v) is 14.2. The van der Waals surface area contributed by atoms with Crippen molar-refractivity contribution < 1.29 is 22.9 Å². The number of alkyl halides is 1. The number of allylic oxidation sites excluding steroid dienone is 1. The number of Topliss-reactive ketones (excluding diaryl/α,β-unsaturated/α-hetero) is 1. The lowest BCUT2D eigenvalue weighted by atomic mass is 9.39. The Morgan fingerprint density at radius 3 is 2.45 bits per heavy atom. The summed E-state index contributed by atoms with van der Waals surface area (Å²) in [5.41, 5.74) is 6.39. The monoisotopic (exact) mass is 908 g/mol. The molecule has 1 N–H and O–H groups in total. The molecule has 4 heterocycles. The summed E-state index contributed by atoms with van der Waals surface area (Å²) in [6.07, 6.45) is 18.0. The molecule has 11 rings (SSSR count). The van der Waals surface area contributed by atoms with E-state index in [0.29, 0.717) is 39.6 Å². The van der Waals surface area contributed by atoms with Crippen molar-refractivity contribution in [1.29, 1.82) is 0 Å². The van der Waals surface area contributed by atoms with Gasteiger partial charge in [-0.3, -0.25) is 19.8 Å². The molecule has 2 aliphatic heterocycles. The lowest BCUT2D eigenvalue weighted by Gasteiger charge is -2.70. The van der Waals surface area contributed by atoms with Crippen molar-refractivity contribution in [3.63, 3.8) is 0 Å². The van der Waals surface area contributed by atoms with Crippen molar-refractivity contribution in [3.8, 4) is 11.5 Å². The predicted octanol–water partition coefficient (Wildman–Crippen LogP) is 9.91. The van der Waals surface area contributed by atoms with Crippen LogP contribution in [0.25, 0.3) is 11.0 Å². The fraction of sp³-hybridized carbons (Fsp3) is 0.560. The van der Waals surface area contributed by atoms with Gasteiger partial charge >= 0.3 is 0 Å². The van der Waals surface area contributed by atoms with Crippen LogP contribution < -0.4 is 9.64 Å². The van der Waals surface area contributed by atoms with Crippen LogP contribution in [0.2, 0.25) is 0 Å². The van der Waals surface area contributed by atoms with E-state index in [4.69, 9.17) is 16.3 Å². The molecule has 64 heavy (non-hydrogen) atoms. The van der Waals surface area contributed by atoms with Gasteiger partial charge in [0.1, 0.15) is 22.9 Å². The van der Waals surface area contributed by atoms with E-state index in [1.807, 2.05) is 24.3 Å². The van der Waals surface area contributed by atoms with Crippen LogP contribution in [0, 0.1) is 26.4 Å². The van der Waals surface area contributed by atoms with Gasteiger partial charge in [-0.2, -0.15) is 0 Å². The van der Waals surface area contributed by atoms with Crippen LogP contribution in [0.3, 0.4) is 0 Å². The van der Waals surface area contributed by atoms with Crippen molar-refractivity contribution >= 4 is 49.6 Å². The number of ketones is 1. The van der Waals surface area contributed by atoms with Gasteiger partial charge < -0.3 is 19.5 Å². The number of benzene rings is 2. The molecule has 1 spiro atoms. The summed E-state index contributed by atoms with van der Waals surface area (Å²) in [6, 6.07) is 13.1. The summed E-state index contributed by atoms with van der Waals surface area (Å²) in [4.78, 5) is 40.5. The van der Waals surface area contributed by atoms with E-state index in [1.54, 1.807) is 35.7 Å². The molecule has 2 bridgehead atoms. The number of carbonyl (C=O) groups is 1. The Morgan fingerprint density at radius 1 is 0.953 bits per heavy atom. The molecule has 4 saturated carbocycles. The number of carbonyl (C=O) groups excluding carboxylic acids is 1. The molecule has 6 fully saturated rings. The molecule has 0 unspecified atom stereocenters. The zero-order valence-corrected chi connectivity index (χ0v) is 38.9. The fourth-order valence-electron chi connectivity index (χ4n) is 12.2. The van der Waals surface area contributed by atoms with Gasteiger partial charge in [-0.25, -0.2) is 13.4 Å². The number of piperazine rings is 1. The largest absolute Gasteiger partial charge is 0.455 e. The van der Waals surface area contributed by atoms with Gasteiger partial charge in [0.2, 0.25) is 0 Å². The van der Waals surface area contributed by atoms with Crippen LogP contribution in [-0.2, 0) is 16.3 Å². The third-order valence-electron chi connectivity index (χ3n) is 15.7. The maximum absolute atomic E-state index is 14.1. The summed E-state index contributed by atoms with van der Waals surface area (Å²) in [5.74, 6) is -0.901. The normalized spacial score (nSPS) is 25.5. The van der Waals surface area contributed by atoms with Gasteiger partial charge in [-0.05, 0) is 117 Å². The van der Waals surface area contributed by atoms with Crippen molar-refractivity contribution in [2.45, 2.75) is 107 Å². The second kappa shape index (κ2) is 16.5. The Balaban J connectivity index is 0.829. The number of hydrogen-bond donors (Lipinski definition) is 1. The number of aromatic amines is 1. The number of likely N-dealkylation sites (tertiary alicyclic amines) is 1. The van der Waals surface area contributed by atoms with Crippen molar-refractivity contribution in [2.24, 2.45) is 16.2 Å². The van der Waals surface area contributed by atoms with Gasteiger partial charge in [0.25, 0.3) is 5.69 Å². The molecule has 5 aliphatic carbocycles. The average Bonchev–Trinajstić information content (AvgIpc) is 3.71. The zero-order valence-electron chi connectivity index (χ0n) is 37.3. The number of aromatic nitrogens is 2. The Morgan fingerprint density at radius 2 is 1.72 bits per heavy atom. The molecule has 4 aromatic rings. The number of aryl methyl sites for hydroxylation is 1. The second-order valence-electron chi connectivity index (χ2n) is 21.1. The smallest absolute Gasteiger partial charge is 0.273 e. The van der Waals surface area contributed by atoms with Crippen LogP contribution in [0.15, 0.2) is 77.0 Å². The number of halogens is 1. The number of nitro benzene ring substituents is 1. The number of sulfone groups is 1. The van der Waals surface area contributed by atoms with Crippen LogP contribution in [-0.4, -0.2) is 102 Å². The number of nitrogens with zero attached hydrogens (tertiary/aromatic N) is 5. The van der Waals surface area contributed by atoms with Gasteiger partial charge in [-0.15, -0.1) is 11.6 Å². The number of anilines is 1. The molecule has 2 saturated heterocycles. The molecule has 2 aromatic heterocycles. The molecule has 14 heteroatoms. The summed E-state index contributed by atoms with van der Waals surface area (Å²) in [5, 5.41) is 13.1. The standard InChI is InChI=1S/C50H61ClN6O6S/c1-47(2)16-12-37(42(26-47)49-30-50(51,31-49)32-49)28-54-19-21-56(22-20-54)38-9-11-41(45(24-38)63-39-23-36-13-17-52-46(36)53-27-39)44(58)29-64(61,62)40-10-8-35(43(25-40)57(59)60)7-6-18-55-33-48(34-55)14-4-3-5-15-48/h8-11,13,17,23-25,27H,3-7,12,14-16,18-22,26,28-34H2,1-2H3,(H,52,53). The third-order valence-corrected chi connectivity index (χ3v) is 17.7. The summed E-state index contributed by atoms with van der Waals surface area (Å²) in [7, 11) is -4.26. The number of H-pyrrole nitrogens is 1. The highest BCUT2D eigenvalue weighted by Gasteiger charge is 2.69. The minimum absolute atomic E-state index is 0.0501. The minimum atomic E-state index is -4.26. The van der Waals surface area contributed by atoms with E-state index < -0.39 is 26.3 Å². The van der Waals surface area contributed by atoms with E-state index >= 15 is 0 Å². The number of ether oxygens (including phenoxy) is 1. The zero-order chi connectivity index (χ0) is 44.5. The Bertz CT molecular complexity index is 2600. The Kier molecular flexibility index (Phi) is 11.3. The van der Waals surface area contributed by atoms with Gasteiger partial charge in [0.05, 0.1) is 21.6 Å². The number of rotatable bonds is 15. The number of fused-ring (bicyclic) bond motifs is 1. The maximum Gasteiger partial charge on any atom is 0.273 e. The number of nitrogens with one attached hydrogen (secondary N) is 1. The molecule has 7 aliphatic rings. The molecule has 0 amide bonds. The van der Waals surface area contributed by atoms with Crippen LogP contribution in [0.4, 0.5) is 11.4 Å². The van der Waals surface area contributed by atoms with Crippen LogP contribution in [0.5, 0.6) is 11.5 Å². The molecule has 340 valence electrons. The number of pyridine rings is 1. The van der Waals surface area contributed by atoms with Crippen molar-refractivity contribution in [2.75, 3.05) is 63.0 Å². The van der Waals surface area contributed by atoms with Crippen LogP contribution >= 0.6 is 11.6 Å². The van der Waals surface area contributed by atoms with Crippen molar-refractivity contribution in [1.82, 2.24) is 19.8 Å². The molecule has 2 aromatic carbocycles. The molecule has 0 radical (unpaired) electrons. The Hall–Kier alpha value is -4.30. The van der Waals surface area contributed by atoms with E-state index in [9.17, 15) is 23.3 Å². The first-order valence-electron chi connectivity index (χ1n) is 23.5. The molecular weight excluding hydrogens is 848 g/mol. The molecular formula is C50H61ClN6O6S. The first kappa shape index (κ1) is 43.6. The average molecular weight is 910 g/mol. The van der Waals surface area contributed by atoms with E-state index in [0.717, 1.165) is 102 Å². The second-order valence-corrected chi connectivity index (χ2v) is 23.9. The molecule has 0 atom stereocenters. The van der Waals surface area contributed by atoms with Crippen molar-refractivity contribution in [3.05, 3.63) is 93.3 Å². The van der Waals surface area contributed by atoms with E-state index in [-0.39, 0.29) is 26.8 Å². The molecule has 12 nitrogen and oxygen atoms in total. The Labute approximate surface area is 381 Å². The SMILES string of the molecule is CC1(C)CCC(CN2CCN(c3ccc(C(=O)CS(=O)(=O)c4ccc(CCCN5CC6(CCCCC6)C5)c([N+](=O)[O-])c4)c(Oc4cnc5[nH]ccc5c4)c3)CC2)=C(C23CC(Cl)(C2)C3)C1. The third kappa shape index (κ3) is 8.62. The highest BCUT2D eigenvalue weighted by molar-refractivity contribution is 7.92. The van der Waals surface area contributed by atoms with Gasteiger partial charge in [-0.1, -0.05) is 50.3 Å². The quantitative estimate of drug-likeness (QED) is 0.0403. The van der Waals surface area contributed by atoms with Gasteiger partial charge in [0, 0.05) is 85.7 Å². The highest BCUT2D eigenvalue weighted by Crippen LogP contribution is 2.75. The summed E-state index contributed by atoms with van der Waals surface area (Å²) >= 11 is 6.76. The highest BCUT2D eigenvalue weighted by atomic mass is 35.5. The topological polar surface area (TPSA) is 142 Å². The van der Waals surface area contributed by atoms with E-state index in [1.165, 1.54) is 51.0 Å². The van der Waals surface area contributed by atoms with Gasteiger partial charge in [0.15, 0.2) is 15.6 Å². The van der Waals surface area contributed by atoms with Crippen LogP contribution in [0.1, 0.15) is 107 Å². The summed E-state index contributed by atoms with van der Waals surface area (Å²) in [6.45, 7) is 12.2. The number of nitro groups is 1. The maximum atomic E-state index is 14.1. The predicted molar refractivity (Wildman–Crippen MR) is 251 cm³/mol. The minimum Gasteiger partial charge on any atom is -0.455 e. The first-order valence-corrected chi connectivity index (χ1v) is 25.5. The summed E-state index contributed by atoms with van der Waals surface area (Å²) < 4.78 is 34.2. The first-order chi connectivity index (χ1) is 30.6.